The minimum absolute atomic E-state index is 0.136. The van der Waals surface area contributed by atoms with Gasteiger partial charge in [-0.15, -0.1) is 0 Å². The Kier molecular flexibility index (Phi) is 6.56. The molecule has 34 heavy (non-hydrogen) atoms. The van der Waals surface area contributed by atoms with E-state index < -0.39 is 23.5 Å². The molecule has 0 saturated carbocycles. The van der Waals surface area contributed by atoms with E-state index in [-0.39, 0.29) is 22.0 Å². The average Bonchev–Trinajstić information content (AvgIpc) is 3.11. The maximum Gasteiger partial charge on any atom is 0.300 e. The quantitative estimate of drug-likeness (QED) is 0.285. The predicted octanol–water partition coefficient (Wildman–Crippen LogP) is 5.51. The first-order chi connectivity index (χ1) is 16.4. The molecule has 8 heteroatoms. The standard InChI is InChI=1S/C26H21ClFNO5/c1-3-34-17-8-6-7-15(13-17)24(30)22-23(18-9-4-5-10-21(18)33-2)29(26(32)25(22)31)16-11-12-20(28)19(27)14-16/h4-14,23,30H,3H2,1-2H3/b24-22+. The molecular weight excluding hydrogens is 461 g/mol. The van der Waals surface area contributed by atoms with Crippen LogP contribution in [0.5, 0.6) is 11.5 Å². The van der Waals surface area contributed by atoms with Gasteiger partial charge in [-0.1, -0.05) is 41.9 Å². The highest BCUT2D eigenvalue weighted by molar-refractivity contribution is 6.52. The predicted molar refractivity (Wildman–Crippen MR) is 127 cm³/mol. The summed E-state index contributed by atoms with van der Waals surface area (Å²) in [6.45, 7) is 2.24. The van der Waals surface area contributed by atoms with Gasteiger partial charge in [0.2, 0.25) is 0 Å². The molecule has 4 rings (SSSR count). The Labute approximate surface area is 200 Å². The van der Waals surface area contributed by atoms with Crippen molar-refractivity contribution in [3.63, 3.8) is 0 Å². The number of aliphatic hydroxyl groups excluding tert-OH is 1. The molecular formula is C26H21ClFNO5. The molecule has 0 radical (unpaired) electrons. The second kappa shape index (κ2) is 9.57. The van der Waals surface area contributed by atoms with Gasteiger partial charge in [-0.2, -0.15) is 0 Å². The molecule has 1 aliphatic rings. The summed E-state index contributed by atoms with van der Waals surface area (Å²) < 4.78 is 24.8. The number of hydrogen-bond acceptors (Lipinski definition) is 5. The van der Waals surface area contributed by atoms with E-state index in [2.05, 4.69) is 0 Å². The molecule has 0 bridgehead atoms. The molecule has 1 atom stereocenters. The summed E-state index contributed by atoms with van der Waals surface area (Å²) in [7, 11) is 1.46. The molecule has 0 spiro atoms. The number of ether oxygens (including phenoxy) is 2. The van der Waals surface area contributed by atoms with Crippen LogP contribution < -0.4 is 14.4 Å². The van der Waals surface area contributed by atoms with Crippen molar-refractivity contribution < 1.29 is 28.6 Å². The van der Waals surface area contributed by atoms with Crippen molar-refractivity contribution in [1.29, 1.82) is 0 Å². The van der Waals surface area contributed by atoms with Gasteiger partial charge in [0.05, 0.1) is 30.4 Å². The van der Waals surface area contributed by atoms with Crippen LogP contribution in [0.1, 0.15) is 24.1 Å². The molecule has 1 unspecified atom stereocenters. The van der Waals surface area contributed by atoms with Crippen LogP contribution in [0.3, 0.4) is 0 Å². The van der Waals surface area contributed by atoms with Crippen LogP contribution in [-0.2, 0) is 9.59 Å². The molecule has 1 heterocycles. The molecule has 3 aromatic carbocycles. The fourth-order valence-corrected chi connectivity index (χ4v) is 4.15. The third kappa shape index (κ3) is 4.10. The lowest BCUT2D eigenvalue weighted by atomic mass is 9.94. The minimum Gasteiger partial charge on any atom is -0.507 e. The Morgan fingerprint density at radius 1 is 1.09 bits per heavy atom. The van der Waals surface area contributed by atoms with Gasteiger partial charge in [0.25, 0.3) is 11.7 Å². The van der Waals surface area contributed by atoms with E-state index in [1.807, 2.05) is 6.92 Å². The number of Topliss-reactive ketones (excluding diaryl/α,β-unsaturated/α-hetero) is 1. The van der Waals surface area contributed by atoms with Crippen molar-refractivity contribution in [3.8, 4) is 11.5 Å². The summed E-state index contributed by atoms with van der Waals surface area (Å²) >= 11 is 5.97. The monoisotopic (exact) mass is 481 g/mol. The maximum atomic E-state index is 13.8. The second-order valence-electron chi connectivity index (χ2n) is 7.47. The zero-order valence-corrected chi connectivity index (χ0v) is 19.2. The third-order valence-electron chi connectivity index (χ3n) is 5.48. The van der Waals surface area contributed by atoms with Gasteiger partial charge >= 0.3 is 0 Å². The van der Waals surface area contributed by atoms with Gasteiger partial charge < -0.3 is 14.6 Å². The van der Waals surface area contributed by atoms with Crippen LogP contribution >= 0.6 is 11.6 Å². The highest BCUT2D eigenvalue weighted by Crippen LogP contribution is 2.45. The van der Waals surface area contributed by atoms with Gasteiger partial charge in [0.15, 0.2) is 0 Å². The number of carbonyl (C=O) groups is 2. The Morgan fingerprint density at radius 3 is 2.56 bits per heavy atom. The van der Waals surface area contributed by atoms with Crippen molar-refractivity contribution in [1.82, 2.24) is 0 Å². The number of hydrogen-bond donors (Lipinski definition) is 1. The molecule has 0 aliphatic carbocycles. The fourth-order valence-electron chi connectivity index (χ4n) is 3.98. The lowest BCUT2D eigenvalue weighted by Gasteiger charge is -2.26. The smallest absolute Gasteiger partial charge is 0.300 e. The molecule has 174 valence electrons. The summed E-state index contributed by atoms with van der Waals surface area (Å²) in [4.78, 5) is 27.7. The van der Waals surface area contributed by atoms with E-state index in [0.717, 1.165) is 6.07 Å². The average molecular weight is 482 g/mol. The number of rotatable bonds is 6. The molecule has 1 fully saturated rings. The molecule has 1 saturated heterocycles. The number of ketones is 1. The Hall–Kier alpha value is -3.84. The van der Waals surface area contributed by atoms with E-state index >= 15 is 0 Å². The molecule has 0 aromatic heterocycles. The normalized spacial score (nSPS) is 17.2. The highest BCUT2D eigenvalue weighted by atomic mass is 35.5. The van der Waals surface area contributed by atoms with E-state index in [1.54, 1.807) is 48.5 Å². The summed E-state index contributed by atoms with van der Waals surface area (Å²) in [5.41, 5.74) is 0.836. The van der Waals surface area contributed by atoms with Gasteiger partial charge in [-0.3, -0.25) is 14.5 Å². The van der Waals surface area contributed by atoms with E-state index in [9.17, 15) is 19.1 Å². The topological polar surface area (TPSA) is 76.1 Å². The molecule has 1 amide bonds. The number of aliphatic hydroxyl groups is 1. The van der Waals surface area contributed by atoms with Crippen molar-refractivity contribution in [2.24, 2.45) is 0 Å². The van der Waals surface area contributed by atoms with Crippen LogP contribution in [0, 0.1) is 5.82 Å². The zero-order valence-electron chi connectivity index (χ0n) is 18.4. The SMILES string of the molecule is CCOc1cccc(/C(O)=C2\C(=O)C(=O)N(c3ccc(F)c(Cl)c3)C2c2ccccc2OC)c1. The zero-order chi connectivity index (χ0) is 24.4. The number of carbonyl (C=O) groups excluding carboxylic acids is 2. The van der Waals surface area contributed by atoms with Gasteiger partial charge in [-0.25, -0.2) is 4.39 Å². The molecule has 3 aromatic rings. The molecule has 6 nitrogen and oxygen atoms in total. The summed E-state index contributed by atoms with van der Waals surface area (Å²) in [6.07, 6.45) is 0. The van der Waals surface area contributed by atoms with Crippen molar-refractivity contribution >= 4 is 34.7 Å². The van der Waals surface area contributed by atoms with Gasteiger partial charge in [0, 0.05) is 16.8 Å². The van der Waals surface area contributed by atoms with Crippen LogP contribution in [0.15, 0.2) is 72.3 Å². The van der Waals surface area contributed by atoms with Gasteiger partial charge in [-0.05, 0) is 43.3 Å². The Bertz CT molecular complexity index is 1310. The fraction of sp³-hybridized carbons (Fsp3) is 0.154. The van der Waals surface area contributed by atoms with Crippen LogP contribution in [0.2, 0.25) is 5.02 Å². The molecule has 1 N–H and O–H groups in total. The largest absolute Gasteiger partial charge is 0.507 e. The van der Waals surface area contributed by atoms with E-state index in [0.29, 0.717) is 29.2 Å². The van der Waals surface area contributed by atoms with Crippen molar-refractivity contribution in [2.75, 3.05) is 18.6 Å². The number of nitrogens with zero attached hydrogens (tertiary/aromatic N) is 1. The highest BCUT2D eigenvalue weighted by Gasteiger charge is 2.48. The van der Waals surface area contributed by atoms with Gasteiger partial charge in [0.1, 0.15) is 23.1 Å². The number of anilines is 1. The first-order valence-electron chi connectivity index (χ1n) is 10.5. The first kappa shape index (κ1) is 23.3. The van der Waals surface area contributed by atoms with Crippen LogP contribution in [0.4, 0.5) is 10.1 Å². The van der Waals surface area contributed by atoms with E-state index in [1.165, 1.54) is 24.1 Å². The van der Waals surface area contributed by atoms with E-state index in [4.69, 9.17) is 21.1 Å². The minimum atomic E-state index is -1.05. The second-order valence-corrected chi connectivity index (χ2v) is 7.88. The number of amides is 1. The summed E-state index contributed by atoms with van der Waals surface area (Å²) in [5.74, 6) is -1.91. The number of benzene rings is 3. The van der Waals surface area contributed by atoms with Crippen molar-refractivity contribution in [2.45, 2.75) is 13.0 Å². The Balaban J connectivity index is 1.97. The van der Waals surface area contributed by atoms with Crippen LogP contribution in [-0.4, -0.2) is 30.5 Å². The summed E-state index contributed by atoms with van der Waals surface area (Å²) in [5, 5.41) is 11.1. The maximum absolute atomic E-state index is 13.8. The third-order valence-corrected chi connectivity index (χ3v) is 5.77. The van der Waals surface area contributed by atoms with Crippen molar-refractivity contribution in [3.05, 3.63) is 94.3 Å². The summed E-state index contributed by atoms with van der Waals surface area (Å²) in [6, 6.07) is 16.1. The number of para-hydroxylation sites is 1. The first-order valence-corrected chi connectivity index (χ1v) is 10.9. The molecule has 1 aliphatic heterocycles. The number of halogens is 2. The number of methoxy groups -OCH3 is 1. The van der Waals surface area contributed by atoms with Crippen LogP contribution in [0.25, 0.3) is 5.76 Å². The lowest BCUT2D eigenvalue weighted by molar-refractivity contribution is -0.132. The Morgan fingerprint density at radius 2 is 1.85 bits per heavy atom. The lowest BCUT2D eigenvalue weighted by Crippen LogP contribution is -2.29.